The minimum atomic E-state index is -0.109. The van der Waals surface area contributed by atoms with Crippen LogP contribution in [0.1, 0.15) is 77.7 Å². The highest BCUT2D eigenvalue weighted by atomic mass is 16.2. The molecule has 0 radical (unpaired) electrons. The van der Waals surface area contributed by atoms with Gasteiger partial charge in [-0.1, -0.05) is 41.5 Å². The highest BCUT2D eigenvalue weighted by molar-refractivity contribution is 5.92. The van der Waals surface area contributed by atoms with Crippen molar-refractivity contribution in [2.24, 2.45) is 5.41 Å². The second kappa shape index (κ2) is 10.3. The van der Waals surface area contributed by atoms with Crippen LogP contribution in [-0.2, 0) is 0 Å². The lowest BCUT2D eigenvalue weighted by molar-refractivity contribution is 0.0903. The lowest BCUT2D eigenvalue weighted by atomic mass is 9.75. The molecule has 120 valence electrons. The van der Waals surface area contributed by atoms with Gasteiger partial charge in [-0.05, 0) is 43.2 Å². The van der Waals surface area contributed by atoms with Crippen molar-refractivity contribution in [3.05, 3.63) is 24.0 Å². The lowest BCUT2D eigenvalue weighted by Crippen LogP contribution is -2.39. The van der Waals surface area contributed by atoms with Crippen LogP contribution >= 0.6 is 0 Å². The molecular formula is C17H31N3O. The molecule has 0 spiro atoms. The number of hydrogen-bond acceptors (Lipinski definition) is 3. The predicted octanol–water partition coefficient (Wildman–Crippen LogP) is 4.23. The molecular weight excluding hydrogens is 262 g/mol. The van der Waals surface area contributed by atoms with E-state index in [4.69, 9.17) is 0 Å². The van der Waals surface area contributed by atoms with Crippen LogP contribution in [0.3, 0.4) is 0 Å². The maximum absolute atomic E-state index is 11.9. The maximum atomic E-state index is 11.9. The fraction of sp³-hybridized carbons (Fsp3) is 0.706. The smallest absolute Gasteiger partial charge is 0.272 e. The Balaban J connectivity index is 0.000000921. The Kier molecular flexibility index (Phi) is 9.59. The van der Waals surface area contributed by atoms with Gasteiger partial charge >= 0.3 is 0 Å². The van der Waals surface area contributed by atoms with E-state index >= 15 is 0 Å². The van der Waals surface area contributed by atoms with Gasteiger partial charge in [-0.2, -0.15) is 5.10 Å². The van der Waals surface area contributed by atoms with Crippen LogP contribution < -0.4 is 5.32 Å². The molecule has 0 aromatic carbocycles. The Bertz CT molecular complexity index is 380. The Morgan fingerprint density at radius 3 is 2.24 bits per heavy atom. The minimum Gasteiger partial charge on any atom is -0.348 e. The molecule has 21 heavy (non-hydrogen) atoms. The van der Waals surface area contributed by atoms with E-state index < -0.39 is 0 Å². The average Bonchev–Trinajstić information content (AvgIpc) is 2.54. The maximum Gasteiger partial charge on any atom is 0.272 e. The Morgan fingerprint density at radius 2 is 1.76 bits per heavy atom. The third kappa shape index (κ3) is 7.21. The fourth-order valence-corrected chi connectivity index (χ4v) is 2.23. The van der Waals surface area contributed by atoms with E-state index in [0.717, 1.165) is 12.8 Å². The average molecular weight is 293 g/mol. The summed E-state index contributed by atoms with van der Waals surface area (Å²) in [6.07, 6.45) is 6.01. The first-order valence-corrected chi connectivity index (χ1v) is 8.15. The summed E-state index contributed by atoms with van der Waals surface area (Å²) >= 11 is 0. The van der Waals surface area contributed by atoms with E-state index in [0.29, 0.717) is 11.1 Å². The van der Waals surface area contributed by atoms with Crippen molar-refractivity contribution >= 4 is 5.91 Å². The van der Waals surface area contributed by atoms with Crippen LogP contribution in [0.15, 0.2) is 18.3 Å². The van der Waals surface area contributed by atoms with Gasteiger partial charge in [-0.3, -0.25) is 4.79 Å². The van der Waals surface area contributed by atoms with Gasteiger partial charge < -0.3 is 5.32 Å². The minimum absolute atomic E-state index is 0.109. The Hall–Kier alpha value is -1.45. The van der Waals surface area contributed by atoms with Crippen molar-refractivity contribution < 1.29 is 4.79 Å². The molecule has 0 saturated heterocycles. The number of nitrogens with one attached hydrogen (secondary N) is 1. The van der Waals surface area contributed by atoms with E-state index in [1.165, 1.54) is 12.8 Å². The number of aromatic nitrogens is 2. The van der Waals surface area contributed by atoms with Crippen molar-refractivity contribution in [1.82, 2.24) is 15.5 Å². The molecule has 0 atom stereocenters. The van der Waals surface area contributed by atoms with E-state index in [1.807, 2.05) is 27.7 Å². The van der Waals surface area contributed by atoms with E-state index in [1.54, 1.807) is 18.3 Å². The van der Waals surface area contributed by atoms with Crippen molar-refractivity contribution in [2.75, 3.05) is 0 Å². The molecule has 1 aliphatic carbocycles. The molecule has 0 aliphatic heterocycles. The molecule has 1 aromatic rings. The summed E-state index contributed by atoms with van der Waals surface area (Å²) in [6, 6.07) is 3.71. The molecule has 1 aromatic heterocycles. The zero-order valence-electron chi connectivity index (χ0n) is 14.4. The molecule has 1 amide bonds. The monoisotopic (exact) mass is 293 g/mol. The zero-order valence-corrected chi connectivity index (χ0v) is 14.4. The molecule has 1 aliphatic rings. The summed E-state index contributed by atoms with van der Waals surface area (Å²) in [5, 5.41) is 10.6. The zero-order chi connectivity index (χ0) is 16.3. The molecule has 1 N–H and O–H groups in total. The molecule has 1 fully saturated rings. The van der Waals surface area contributed by atoms with Gasteiger partial charge in [0.2, 0.25) is 0 Å². The first-order chi connectivity index (χ1) is 10.1. The summed E-state index contributed by atoms with van der Waals surface area (Å²) < 4.78 is 0. The highest BCUT2D eigenvalue weighted by Gasteiger charge is 2.27. The fourth-order valence-electron chi connectivity index (χ4n) is 2.23. The van der Waals surface area contributed by atoms with Crippen LogP contribution in [0.2, 0.25) is 0 Å². The van der Waals surface area contributed by atoms with Gasteiger partial charge in [-0.25, -0.2) is 0 Å². The number of carbonyl (C=O) groups excluding carboxylic acids is 1. The van der Waals surface area contributed by atoms with Crippen molar-refractivity contribution in [2.45, 2.75) is 73.3 Å². The lowest BCUT2D eigenvalue weighted by Gasteiger charge is -2.34. The molecule has 4 nitrogen and oxygen atoms in total. The molecule has 1 heterocycles. The number of amides is 1. The van der Waals surface area contributed by atoms with Crippen molar-refractivity contribution in [3.8, 4) is 0 Å². The second-order valence-electron chi connectivity index (χ2n) is 5.52. The molecule has 1 saturated carbocycles. The van der Waals surface area contributed by atoms with E-state index in [-0.39, 0.29) is 11.9 Å². The molecule has 0 unspecified atom stereocenters. The Morgan fingerprint density at radius 1 is 1.19 bits per heavy atom. The SMILES string of the molecule is CC.CC.CC1(C)CCC(NC(=O)c2cccnn2)CC1. The second-order valence-corrected chi connectivity index (χ2v) is 5.52. The number of hydrogen-bond donors (Lipinski definition) is 1. The predicted molar refractivity (Wildman–Crippen MR) is 88.2 cm³/mol. The number of nitrogens with zero attached hydrogens (tertiary/aromatic N) is 2. The summed E-state index contributed by atoms with van der Waals surface area (Å²) in [4.78, 5) is 11.9. The first kappa shape index (κ1) is 19.6. The number of carbonyl (C=O) groups is 1. The van der Waals surface area contributed by atoms with Crippen LogP contribution in [-0.4, -0.2) is 22.1 Å². The first-order valence-electron chi connectivity index (χ1n) is 8.15. The highest BCUT2D eigenvalue weighted by Crippen LogP contribution is 2.34. The third-order valence-electron chi connectivity index (χ3n) is 3.48. The van der Waals surface area contributed by atoms with Gasteiger partial charge in [0.15, 0.2) is 5.69 Å². The van der Waals surface area contributed by atoms with Crippen LogP contribution in [0.4, 0.5) is 0 Å². The van der Waals surface area contributed by atoms with Gasteiger partial charge in [0.25, 0.3) is 5.91 Å². The van der Waals surface area contributed by atoms with Gasteiger partial charge in [0.1, 0.15) is 0 Å². The van der Waals surface area contributed by atoms with Crippen LogP contribution in [0.25, 0.3) is 0 Å². The summed E-state index contributed by atoms with van der Waals surface area (Å²) in [6.45, 7) is 12.6. The van der Waals surface area contributed by atoms with Gasteiger partial charge in [0, 0.05) is 12.2 Å². The van der Waals surface area contributed by atoms with Crippen LogP contribution in [0, 0.1) is 5.41 Å². The van der Waals surface area contributed by atoms with Crippen molar-refractivity contribution in [3.63, 3.8) is 0 Å². The summed E-state index contributed by atoms with van der Waals surface area (Å²) in [5.74, 6) is -0.109. The molecule has 0 bridgehead atoms. The topological polar surface area (TPSA) is 54.9 Å². The van der Waals surface area contributed by atoms with Crippen molar-refractivity contribution in [1.29, 1.82) is 0 Å². The van der Waals surface area contributed by atoms with E-state index in [2.05, 4.69) is 29.4 Å². The third-order valence-corrected chi connectivity index (χ3v) is 3.48. The molecule has 4 heteroatoms. The summed E-state index contributed by atoms with van der Waals surface area (Å²) in [7, 11) is 0. The standard InChI is InChI=1S/C13H19N3O.2C2H6/c1-13(2)7-5-10(6-8-13)15-12(17)11-4-3-9-14-16-11;2*1-2/h3-4,9-10H,5-8H2,1-2H3,(H,15,17);2*1-2H3. The summed E-state index contributed by atoms with van der Waals surface area (Å²) in [5.41, 5.74) is 0.825. The normalized spacial score (nSPS) is 16.7. The van der Waals surface area contributed by atoms with E-state index in [9.17, 15) is 4.79 Å². The Labute approximate surface area is 129 Å². The largest absolute Gasteiger partial charge is 0.348 e. The molecule has 2 rings (SSSR count). The van der Waals surface area contributed by atoms with Gasteiger partial charge in [-0.15, -0.1) is 5.10 Å². The van der Waals surface area contributed by atoms with Gasteiger partial charge in [0.05, 0.1) is 0 Å². The number of rotatable bonds is 2. The quantitative estimate of drug-likeness (QED) is 0.888. The van der Waals surface area contributed by atoms with Crippen LogP contribution in [0.5, 0.6) is 0 Å².